The maximum absolute atomic E-state index is 13.5. The first kappa shape index (κ1) is 17.0. The number of aromatic nitrogens is 1. The number of aryl methyl sites for hydroxylation is 1. The van der Waals surface area contributed by atoms with E-state index < -0.39 is 0 Å². The van der Waals surface area contributed by atoms with Crippen LogP contribution in [0.15, 0.2) is 66.9 Å². The molecule has 1 saturated carbocycles. The molecule has 0 bridgehead atoms. The van der Waals surface area contributed by atoms with Gasteiger partial charge in [-0.3, -0.25) is 4.90 Å². The third-order valence-electron chi connectivity index (χ3n) is 5.10. The summed E-state index contributed by atoms with van der Waals surface area (Å²) in [5, 5.41) is 0. The molecular weight excluding hydrogens is 323 g/mol. The van der Waals surface area contributed by atoms with Crippen molar-refractivity contribution in [2.24, 2.45) is 0 Å². The summed E-state index contributed by atoms with van der Waals surface area (Å²) in [6, 6.07) is 20.7. The normalized spacial score (nSPS) is 14.1. The zero-order valence-electron chi connectivity index (χ0n) is 15.2. The molecule has 1 aromatic heterocycles. The highest BCUT2D eigenvalue weighted by Crippen LogP contribution is 2.30. The van der Waals surface area contributed by atoms with Crippen LogP contribution >= 0.6 is 0 Å². The first-order valence-electron chi connectivity index (χ1n) is 9.35. The molecule has 0 atom stereocenters. The van der Waals surface area contributed by atoms with Crippen LogP contribution in [0.2, 0.25) is 0 Å². The van der Waals surface area contributed by atoms with Crippen molar-refractivity contribution in [1.29, 1.82) is 0 Å². The maximum Gasteiger partial charge on any atom is 0.123 e. The van der Waals surface area contributed by atoms with E-state index in [1.54, 1.807) is 12.1 Å². The first-order valence-corrected chi connectivity index (χ1v) is 9.35. The number of hydrogen-bond donors (Lipinski definition) is 0. The Morgan fingerprint density at radius 1 is 0.962 bits per heavy atom. The van der Waals surface area contributed by atoms with Crippen molar-refractivity contribution in [3.63, 3.8) is 0 Å². The zero-order valence-corrected chi connectivity index (χ0v) is 15.2. The molecule has 0 saturated heterocycles. The fourth-order valence-corrected chi connectivity index (χ4v) is 3.47. The molecule has 1 aliphatic rings. The molecule has 1 heterocycles. The summed E-state index contributed by atoms with van der Waals surface area (Å²) in [4.78, 5) is 2.48. The fourth-order valence-electron chi connectivity index (χ4n) is 3.47. The van der Waals surface area contributed by atoms with Gasteiger partial charge in [-0.05, 0) is 55.2 Å². The van der Waals surface area contributed by atoms with Crippen LogP contribution in [0.5, 0.6) is 0 Å². The van der Waals surface area contributed by atoms with E-state index in [-0.39, 0.29) is 5.82 Å². The van der Waals surface area contributed by atoms with Crippen LogP contribution in [0.25, 0.3) is 0 Å². The molecule has 0 aliphatic heterocycles. The van der Waals surface area contributed by atoms with Crippen molar-refractivity contribution in [1.82, 2.24) is 9.47 Å². The van der Waals surface area contributed by atoms with Crippen molar-refractivity contribution >= 4 is 0 Å². The van der Waals surface area contributed by atoms with Crippen molar-refractivity contribution in [3.8, 4) is 0 Å². The van der Waals surface area contributed by atoms with E-state index in [4.69, 9.17) is 0 Å². The molecule has 0 spiro atoms. The van der Waals surface area contributed by atoms with Gasteiger partial charge in [0, 0.05) is 37.6 Å². The van der Waals surface area contributed by atoms with E-state index in [1.165, 1.54) is 35.7 Å². The van der Waals surface area contributed by atoms with Crippen molar-refractivity contribution in [3.05, 3.63) is 95.1 Å². The topological polar surface area (TPSA) is 8.17 Å². The molecule has 0 unspecified atom stereocenters. The van der Waals surface area contributed by atoms with Gasteiger partial charge in [0.2, 0.25) is 0 Å². The summed E-state index contributed by atoms with van der Waals surface area (Å²) in [6.45, 7) is 4.71. The maximum atomic E-state index is 13.5. The van der Waals surface area contributed by atoms with Crippen LogP contribution in [-0.4, -0.2) is 15.5 Å². The predicted octanol–water partition coefficient (Wildman–Crippen LogP) is 5.15. The molecule has 0 radical (unpaired) electrons. The Morgan fingerprint density at radius 2 is 1.77 bits per heavy atom. The summed E-state index contributed by atoms with van der Waals surface area (Å²) < 4.78 is 15.8. The second-order valence-corrected chi connectivity index (χ2v) is 7.38. The summed E-state index contributed by atoms with van der Waals surface area (Å²) in [7, 11) is 0. The number of rotatable bonds is 7. The third-order valence-corrected chi connectivity index (χ3v) is 5.10. The third kappa shape index (κ3) is 4.23. The summed E-state index contributed by atoms with van der Waals surface area (Å²) in [6.07, 6.45) is 4.64. The first-order chi connectivity index (χ1) is 12.7. The van der Waals surface area contributed by atoms with Crippen molar-refractivity contribution in [2.75, 3.05) is 0 Å². The minimum atomic E-state index is -0.152. The Morgan fingerprint density at radius 3 is 2.50 bits per heavy atom. The zero-order chi connectivity index (χ0) is 17.9. The average Bonchev–Trinajstić information content (AvgIpc) is 3.39. The van der Waals surface area contributed by atoms with Gasteiger partial charge in [-0.2, -0.15) is 0 Å². The van der Waals surface area contributed by atoms with Crippen LogP contribution in [0.3, 0.4) is 0 Å². The molecule has 0 amide bonds. The van der Waals surface area contributed by atoms with Gasteiger partial charge >= 0.3 is 0 Å². The van der Waals surface area contributed by atoms with E-state index in [1.807, 2.05) is 6.07 Å². The molecule has 4 rings (SSSR count). The molecule has 26 heavy (non-hydrogen) atoms. The second kappa shape index (κ2) is 7.46. The van der Waals surface area contributed by atoms with E-state index >= 15 is 0 Å². The molecule has 1 fully saturated rings. The van der Waals surface area contributed by atoms with E-state index in [2.05, 4.69) is 59.0 Å². The van der Waals surface area contributed by atoms with Crippen molar-refractivity contribution in [2.45, 2.75) is 45.4 Å². The Balaban J connectivity index is 1.48. The molecule has 3 heteroatoms. The lowest BCUT2D eigenvalue weighted by Crippen LogP contribution is -2.26. The highest BCUT2D eigenvalue weighted by Gasteiger charge is 2.29. The highest BCUT2D eigenvalue weighted by molar-refractivity contribution is 5.23. The number of benzene rings is 2. The Bertz CT molecular complexity index is 862. The van der Waals surface area contributed by atoms with E-state index in [9.17, 15) is 4.39 Å². The molecule has 3 aromatic rings. The quantitative estimate of drug-likeness (QED) is 0.573. The Kier molecular flexibility index (Phi) is 4.89. The lowest BCUT2D eigenvalue weighted by molar-refractivity contribution is 0.239. The molecular formula is C23H25FN2. The van der Waals surface area contributed by atoms with Gasteiger partial charge < -0.3 is 4.57 Å². The monoisotopic (exact) mass is 348 g/mol. The van der Waals surface area contributed by atoms with Crippen molar-refractivity contribution < 1.29 is 4.39 Å². The van der Waals surface area contributed by atoms with Gasteiger partial charge in [-0.15, -0.1) is 0 Å². The standard InChI is InChI=1S/C23H25FN2/c1-18-7-9-19(10-8-18)15-25-13-3-6-23(25)17-26(22-11-12-22)16-20-4-2-5-21(24)14-20/h2-10,13-14,22H,11-12,15-17H2,1H3. The lowest BCUT2D eigenvalue weighted by atomic mass is 10.1. The smallest absolute Gasteiger partial charge is 0.123 e. The lowest BCUT2D eigenvalue weighted by Gasteiger charge is -2.23. The highest BCUT2D eigenvalue weighted by atomic mass is 19.1. The minimum absolute atomic E-state index is 0.152. The Labute approximate surface area is 154 Å². The second-order valence-electron chi connectivity index (χ2n) is 7.38. The molecule has 1 aliphatic carbocycles. The number of halogens is 1. The van der Waals surface area contributed by atoms with Crippen LogP contribution in [0, 0.1) is 12.7 Å². The summed E-state index contributed by atoms with van der Waals surface area (Å²) in [5.41, 5.74) is 4.97. The van der Waals surface area contributed by atoms with Gasteiger partial charge in [0.05, 0.1) is 0 Å². The van der Waals surface area contributed by atoms with E-state index in [0.717, 1.165) is 25.2 Å². The van der Waals surface area contributed by atoms with Crippen LogP contribution in [0.1, 0.15) is 35.2 Å². The van der Waals surface area contributed by atoms with Gasteiger partial charge in [0.1, 0.15) is 5.82 Å². The van der Waals surface area contributed by atoms with Gasteiger partial charge in [0.15, 0.2) is 0 Å². The summed E-state index contributed by atoms with van der Waals surface area (Å²) >= 11 is 0. The Hall–Kier alpha value is -2.39. The summed E-state index contributed by atoms with van der Waals surface area (Å²) in [5.74, 6) is -0.152. The number of hydrogen-bond acceptors (Lipinski definition) is 1. The molecule has 134 valence electrons. The van der Waals surface area contributed by atoms with Crippen LogP contribution in [-0.2, 0) is 19.6 Å². The largest absolute Gasteiger partial charge is 0.346 e. The van der Waals surface area contributed by atoms with Gasteiger partial charge in [-0.1, -0.05) is 42.0 Å². The van der Waals surface area contributed by atoms with Gasteiger partial charge in [-0.25, -0.2) is 4.39 Å². The SMILES string of the molecule is Cc1ccc(Cn2cccc2CN(Cc2cccc(F)c2)C2CC2)cc1. The molecule has 0 N–H and O–H groups in total. The van der Waals surface area contributed by atoms with Crippen LogP contribution < -0.4 is 0 Å². The minimum Gasteiger partial charge on any atom is -0.346 e. The predicted molar refractivity (Wildman–Crippen MR) is 103 cm³/mol. The average molecular weight is 348 g/mol. The molecule has 2 nitrogen and oxygen atoms in total. The molecule has 2 aromatic carbocycles. The fraction of sp³-hybridized carbons (Fsp3) is 0.304. The number of nitrogens with zero attached hydrogens (tertiary/aromatic N) is 2. The van der Waals surface area contributed by atoms with Gasteiger partial charge in [0.25, 0.3) is 0 Å². The van der Waals surface area contributed by atoms with E-state index in [0.29, 0.717) is 6.04 Å². The van der Waals surface area contributed by atoms with Crippen LogP contribution in [0.4, 0.5) is 4.39 Å².